The average molecular weight is 494 g/mol. The maximum Gasteiger partial charge on any atom is 0.407 e. The molecule has 3 aromatic rings. The van der Waals surface area contributed by atoms with Crippen LogP contribution in [0.1, 0.15) is 45.6 Å². The number of aliphatic carboxylic acids is 1. The Morgan fingerprint density at radius 1 is 1.11 bits per heavy atom. The topological polar surface area (TPSA) is 109 Å². The van der Waals surface area contributed by atoms with Crippen molar-refractivity contribution in [3.05, 3.63) is 75.7 Å². The molecule has 2 N–H and O–H groups in total. The summed E-state index contributed by atoms with van der Waals surface area (Å²) in [6.07, 6.45) is 0.899. The largest absolute Gasteiger partial charge is 0.481 e. The Hall–Kier alpha value is -3.72. The van der Waals surface area contributed by atoms with Crippen molar-refractivity contribution in [3.8, 4) is 11.1 Å². The summed E-state index contributed by atoms with van der Waals surface area (Å²) in [4.78, 5) is 42.3. The molecule has 2 aromatic carbocycles. The number of benzene rings is 2. The van der Waals surface area contributed by atoms with Gasteiger partial charge in [-0.05, 0) is 29.2 Å². The molecule has 1 aromatic heterocycles. The van der Waals surface area contributed by atoms with Crippen LogP contribution in [0.4, 0.5) is 4.79 Å². The minimum atomic E-state index is -0.950. The van der Waals surface area contributed by atoms with Crippen LogP contribution in [0.15, 0.2) is 54.7 Å². The number of rotatable bonds is 9. The van der Waals surface area contributed by atoms with Gasteiger partial charge < -0.3 is 20.1 Å². The van der Waals surface area contributed by atoms with E-state index < -0.39 is 18.0 Å². The third kappa shape index (κ3) is 5.35. The number of hydrogen-bond donors (Lipinski definition) is 2. The Labute approximate surface area is 207 Å². The number of carbonyl (C=O) groups is 3. The number of carboxylic acids is 1. The van der Waals surface area contributed by atoms with E-state index in [1.54, 1.807) is 13.8 Å². The number of nitrogens with one attached hydrogen (secondary N) is 1. The SMILES string of the molecule is CCN(CC(C)C(=O)O)C(=O)c1cnc(CNC(=O)OCC2c3ccccc3-c3ccccc32)s1. The number of ether oxygens (including phenoxy) is 1. The lowest BCUT2D eigenvalue weighted by atomic mass is 9.98. The molecule has 1 aliphatic rings. The fraction of sp³-hybridized carbons (Fsp3) is 0.308. The molecule has 0 radical (unpaired) electrons. The highest BCUT2D eigenvalue weighted by molar-refractivity contribution is 7.13. The molecule has 1 heterocycles. The van der Waals surface area contributed by atoms with E-state index in [1.807, 2.05) is 24.3 Å². The van der Waals surface area contributed by atoms with Crippen molar-refractivity contribution in [2.24, 2.45) is 5.92 Å². The molecule has 0 spiro atoms. The first kappa shape index (κ1) is 24.4. The number of fused-ring (bicyclic) bond motifs is 3. The van der Waals surface area contributed by atoms with E-state index in [0.717, 1.165) is 22.3 Å². The molecule has 0 fully saturated rings. The van der Waals surface area contributed by atoms with Gasteiger partial charge >= 0.3 is 12.1 Å². The van der Waals surface area contributed by atoms with Crippen LogP contribution < -0.4 is 5.32 Å². The molecule has 9 heteroatoms. The first-order valence-electron chi connectivity index (χ1n) is 11.4. The van der Waals surface area contributed by atoms with Crippen molar-refractivity contribution in [2.45, 2.75) is 26.3 Å². The monoisotopic (exact) mass is 493 g/mol. The van der Waals surface area contributed by atoms with Crippen molar-refractivity contribution < 1.29 is 24.2 Å². The van der Waals surface area contributed by atoms with Gasteiger partial charge in [0.2, 0.25) is 0 Å². The van der Waals surface area contributed by atoms with E-state index >= 15 is 0 Å². The smallest absolute Gasteiger partial charge is 0.407 e. The summed E-state index contributed by atoms with van der Waals surface area (Å²) in [6, 6.07) is 16.3. The zero-order valence-corrected chi connectivity index (χ0v) is 20.4. The van der Waals surface area contributed by atoms with Crippen LogP contribution in [0.3, 0.4) is 0 Å². The standard InChI is InChI=1S/C26H27N3O5S/c1-3-29(14-16(2)25(31)32)24(30)22-12-27-23(35-22)13-28-26(33)34-15-21-19-10-6-4-8-17(19)18-9-5-7-11-20(18)21/h4-12,16,21H,3,13-15H2,1-2H3,(H,28,33)(H,31,32). The van der Waals surface area contributed by atoms with E-state index in [-0.39, 0.29) is 31.5 Å². The van der Waals surface area contributed by atoms with E-state index in [0.29, 0.717) is 16.4 Å². The third-order valence-electron chi connectivity index (χ3n) is 6.08. The number of amides is 2. The Kier molecular flexibility index (Phi) is 7.45. The van der Waals surface area contributed by atoms with Crippen molar-refractivity contribution >= 4 is 29.3 Å². The third-order valence-corrected chi connectivity index (χ3v) is 7.06. The molecule has 35 heavy (non-hydrogen) atoms. The summed E-state index contributed by atoms with van der Waals surface area (Å²) >= 11 is 1.17. The second-order valence-corrected chi connectivity index (χ2v) is 9.50. The molecular formula is C26H27N3O5S. The highest BCUT2D eigenvalue weighted by Gasteiger charge is 2.29. The number of nitrogens with zero attached hydrogens (tertiary/aromatic N) is 2. The highest BCUT2D eigenvalue weighted by Crippen LogP contribution is 2.44. The summed E-state index contributed by atoms with van der Waals surface area (Å²) in [5.41, 5.74) is 4.61. The Morgan fingerprint density at radius 2 is 1.74 bits per heavy atom. The predicted octanol–water partition coefficient (Wildman–Crippen LogP) is 4.36. The fourth-order valence-electron chi connectivity index (χ4n) is 4.21. The van der Waals surface area contributed by atoms with Gasteiger partial charge in [0.15, 0.2) is 0 Å². The van der Waals surface area contributed by atoms with E-state index in [4.69, 9.17) is 9.84 Å². The van der Waals surface area contributed by atoms with Crippen LogP contribution in [-0.4, -0.2) is 52.7 Å². The molecule has 8 nitrogen and oxygen atoms in total. The van der Waals surface area contributed by atoms with Gasteiger partial charge in [-0.2, -0.15) is 0 Å². The number of thiazole rings is 1. The molecule has 0 saturated heterocycles. The number of hydrogen-bond acceptors (Lipinski definition) is 6. The number of aromatic nitrogens is 1. The lowest BCUT2D eigenvalue weighted by Crippen LogP contribution is -2.36. The minimum Gasteiger partial charge on any atom is -0.481 e. The first-order chi connectivity index (χ1) is 16.9. The molecule has 1 unspecified atom stereocenters. The predicted molar refractivity (Wildman–Crippen MR) is 132 cm³/mol. The maximum absolute atomic E-state index is 12.7. The Morgan fingerprint density at radius 3 is 2.34 bits per heavy atom. The fourth-order valence-corrected chi connectivity index (χ4v) is 5.03. The lowest BCUT2D eigenvalue weighted by Gasteiger charge is -2.21. The van der Waals surface area contributed by atoms with Crippen LogP contribution in [0, 0.1) is 5.92 Å². The van der Waals surface area contributed by atoms with Crippen molar-refractivity contribution in [1.29, 1.82) is 0 Å². The summed E-state index contributed by atoms with van der Waals surface area (Å²) in [5.74, 6) is -1.91. The molecule has 1 aliphatic carbocycles. The average Bonchev–Trinajstić information content (AvgIpc) is 3.47. The van der Waals surface area contributed by atoms with Gasteiger partial charge in [-0.1, -0.05) is 55.5 Å². The molecule has 0 bridgehead atoms. The van der Waals surface area contributed by atoms with Crippen LogP contribution in [0.2, 0.25) is 0 Å². The van der Waals surface area contributed by atoms with Crippen LogP contribution in [0.5, 0.6) is 0 Å². The second kappa shape index (κ2) is 10.7. The van der Waals surface area contributed by atoms with Crippen LogP contribution >= 0.6 is 11.3 Å². The van der Waals surface area contributed by atoms with E-state index in [1.165, 1.54) is 22.4 Å². The van der Waals surface area contributed by atoms with Gasteiger partial charge in [0.1, 0.15) is 16.5 Å². The van der Waals surface area contributed by atoms with Gasteiger partial charge in [-0.25, -0.2) is 9.78 Å². The Bertz CT molecular complexity index is 1200. The first-order valence-corrected chi connectivity index (χ1v) is 12.3. The number of carbonyl (C=O) groups excluding carboxylic acids is 2. The van der Waals surface area contributed by atoms with Gasteiger partial charge in [0.05, 0.1) is 18.7 Å². The summed E-state index contributed by atoms with van der Waals surface area (Å²) in [6.45, 7) is 4.22. The van der Waals surface area contributed by atoms with E-state index in [9.17, 15) is 14.4 Å². The summed E-state index contributed by atoms with van der Waals surface area (Å²) < 4.78 is 5.53. The molecule has 1 atom stereocenters. The van der Waals surface area contributed by atoms with Gasteiger partial charge in [0.25, 0.3) is 5.91 Å². The minimum absolute atomic E-state index is 0.0227. The molecule has 0 saturated carbocycles. The zero-order chi connectivity index (χ0) is 24.9. The number of carboxylic acid groups (broad SMARTS) is 1. The maximum atomic E-state index is 12.7. The van der Waals surface area contributed by atoms with Crippen molar-refractivity contribution in [3.63, 3.8) is 0 Å². The van der Waals surface area contributed by atoms with Crippen LogP contribution in [-0.2, 0) is 16.1 Å². The van der Waals surface area contributed by atoms with Crippen molar-refractivity contribution in [2.75, 3.05) is 19.7 Å². The summed E-state index contributed by atoms with van der Waals surface area (Å²) in [7, 11) is 0. The Balaban J connectivity index is 1.32. The molecule has 2 amide bonds. The van der Waals surface area contributed by atoms with Gasteiger partial charge in [0, 0.05) is 19.0 Å². The van der Waals surface area contributed by atoms with E-state index in [2.05, 4.69) is 34.6 Å². The molecular weight excluding hydrogens is 466 g/mol. The zero-order valence-electron chi connectivity index (χ0n) is 19.6. The van der Waals surface area contributed by atoms with Crippen LogP contribution in [0.25, 0.3) is 11.1 Å². The molecule has 4 rings (SSSR count). The summed E-state index contributed by atoms with van der Waals surface area (Å²) in [5, 5.41) is 12.4. The quantitative estimate of drug-likeness (QED) is 0.458. The normalized spacial score (nSPS) is 13.0. The number of alkyl carbamates (subject to hydrolysis) is 1. The lowest BCUT2D eigenvalue weighted by molar-refractivity contribution is -0.141. The van der Waals surface area contributed by atoms with Crippen molar-refractivity contribution in [1.82, 2.24) is 15.2 Å². The van der Waals surface area contributed by atoms with Gasteiger partial charge in [-0.3, -0.25) is 9.59 Å². The highest BCUT2D eigenvalue weighted by atomic mass is 32.1. The second-order valence-electron chi connectivity index (χ2n) is 8.38. The van der Waals surface area contributed by atoms with Gasteiger partial charge in [-0.15, -0.1) is 11.3 Å². The molecule has 0 aliphatic heterocycles. The molecule has 182 valence electrons.